The van der Waals surface area contributed by atoms with Gasteiger partial charge in [0.25, 0.3) is 15.9 Å². The predicted octanol–water partition coefficient (Wildman–Crippen LogP) is 2.74. The Kier molecular flexibility index (Phi) is 6.87. The number of amides is 1. The van der Waals surface area contributed by atoms with Gasteiger partial charge < -0.3 is 4.90 Å². The normalized spacial score (nSPS) is 15.9. The molecular weight excluding hydrogens is 394 g/mol. The van der Waals surface area contributed by atoms with Crippen LogP contribution in [0.3, 0.4) is 0 Å². The molecule has 0 N–H and O–H groups in total. The maximum absolute atomic E-state index is 12.8. The summed E-state index contributed by atoms with van der Waals surface area (Å²) in [5.41, 5.74) is 1.84. The minimum Gasteiger partial charge on any atom is -0.336 e. The standard InChI is InChI=1S/C20H27N3O3S2/c1-3-21(4-2)16-17-7-9-18(10-8-17)20(24)22-11-13-23(14-12-22)28(25,26)19-6-5-15-27-19/h5-10,15H,3-4,11-14,16H2,1-2H3. The van der Waals surface area contributed by atoms with E-state index in [4.69, 9.17) is 0 Å². The van der Waals surface area contributed by atoms with E-state index < -0.39 is 10.0 Å². The van der Waals surface area contributed by atoms with Gasteiger partial charge in [-0.15, -0.1) is 11.3 Å². The molecule has 6 nitrogen and oxygen atoms in total. The summed E-state index contributed by atoms with van der Waals surface area (Å²) in [6.07, 6.45) is 0. The second-order valence-corrected chi connectivity index (χ2v) is 9.90. The molecule has 0 radical (unpaired) electrons. The van der Waals surface area contributed by atoms with E-state index in [1.807, 2.05) is 24.3 Å². The molecule has 1 fully saturated rings. The maximum Gasteiger partial charge on any atom is 0.253 e. The highest BCUT2D eigenvalue weighted by Gasteiger charge is 2.30. The van der Waals surface area contributed by atoms with Crippen LogP contribution < -0.4 is 0 Å². The predicted molar refractivity (Wildman–Crippen MR) is 112 cm³/mol. The van der Waals surface area contributed by atoms with Gasteiger partial charge in [0, 0.05) is 38.3 Å². The minimum absolute atomic E-state index is 0.0393. The molecule has 0 aliphatic carbocycles. The molecule has 0 saturated carbocycles. The average Bonchev–Trinajstić information content (AvgIpc) is 3.28. The number of hydrogen-bond acceptors (Lipinski definition) is 5. The molecule has 1 aliphatic rings. The zero-order chi connectivity index (χ0) is 20.1. The number of carbonyl (C=O) groups excluding carboxylic acids is 1. The smallest absolute Gasteiger partial charge is 0.253 e. The van der Waals surface area contributed by atoms with E-state index in [9.17, 15) is 13.2 Å². The van der Waals surface area contributed by atoms with E-state index in [2.05, 4.69) is 18.7 Å². The number of rotatable bonds is 7. The highest BCUT2D eigenvalue weighted by Crippen LogP contribution is 2.22. The summed E-state index contributed by atoms with van der Waals surface area (Å²) in [6, 6.07) is 11.1. The molecule has 0 bridgehead atoms. The van der Waals surface area contributed by atoms with Crippen LogP contribution in [0, 0.1) is 0 Å². The SMILES string of the molecule is CCN(CC)Cc1ccc(C(=O)N2CCN(S(=O)(=O)c3cccs3)CC2)cc1. The molecule has 3 rings (SSSR count). The van der Waals surface area contributed by atoms with Crippen molar-refractivity contribution in [1.29, 1.82) is 0 Å². The lowest BCUT2D eigenvalue weighted by Crippen LogP contribution is -2.50. The summed E-state index contributed by atoms with van der Waals surface area (Å²) >= 11 is 1.22. The quantitative estimate of drug-likeness (QED) is 0.690. The number of thiophene rings is 1. The molecular formula is C20H27N3O3S2. The van der Waals surface area contributed by atoms with Crippen LogP contribution in [-0.4, -0.2) is 67.7 Å². The molecule has 0 atom stereocenters. The van der Waals surface area contributed by atoms with E-state index in [0.717, 1.165) is 19.6 Å². The van der Waals surface area contributed by atoms with Gasteiger partial charge in [-0.3, -0.25) is 9.69 Å². The van der Waals surface area contributed by atoms with Gasteiger partial charge in [0.05, 0.1) is 0 Å². The van der Waals surface area contributed by atoms with Crippen molar-refractivity contribution < 1.29 is 13.2 Å². The van der Waals surface area contributed by atoms with Crippen LogP contribution in [-0.2, 0) is 16.6 Å². The Morgan fingerprint density at radius 2 is 1.68 bits per heavy atom. The average molecular weight is 422 g/mol. The molecule has 1 amide bonds. The Hall–Kier alpha value is -1.74. The fraction of sp³-hybridized carbons (Fsp3) is 0.450. The number of nitrogens with zero attached hydrogens (tertiary/aromatic N) is 3. The fourth-order valence-corrected chi connectivity index (χ4v) is 5.88. The molecule has 1 aromatic carbocycles. The van der Waals surface area contributed by atoms with Crippen molar-refractivity contribution in [1.82, 2.24) is 14.1 Å². The first kappa shape index (κ1) is 21.0. The monoisotopic (exact) mass is 421 g/mol. The molecule has 2 aromatic rings. The highest BCUT2D eigenvalue weighted by atomic mass is 32.2. The zero-order valence-electron chi connectivity index (χ0n) is 16.4. The molecule has 152 valence electrons. The lowest BCUT2D eigenvalue weighted by atomic mass is 10.1. The Balaban J connectivity index is 1.59. The van der Waals surface area contributed by atoms with Gasteiger partial charge in [0.1, 0.15) is 4.21 Å². The summed E-state index contributed by atoms with van der Waals surface area (Å²) < 4.78 is 27.0. The third kappa shape index (κ3) is 4.63. The zero-order valence-corrected chi connectivity index (χ0v) is 18.0. The van der Waals surface area contributed by atoms with Crippen molar-refractivity contribution in [2.75, 3.05) is 39.3 Å². The first-order chi connectivity index (χ1) is 13.5. The number of sulfonamides is 1. The van der Waals surface area contributed by atoms with Crippen LogP contribution in [0.2, 0.25) is 0 Å². The second-order valence-electron chi connectivity index (χ2n) is 6.79. The lowest BCUT2D eigenvalue weighted by molar-refractivity contribution is 0.0698. The Morgan fingerprint density at radius 3 is 2.21 bits per heavy atom. The molecule has 8 heteroatoms. The minimum atomic E-state index is -3.45. The van der Waals surface area contributed by atoms with Crippen molar-refractivity contribution >= 4 is 27.3 Å². The maximum atomic E-state index is 12.8. The van der Waals surface area contributed by atoms with Gasteiger partial charge in [-0.1, -0.05) is 32.0 Å². The van der Waals surface area contributed by atoms with E-state index >= 15 is 0 Å². The van der Waals surface area contributed by atoms with Gasteiger partial charge in [0.2, 0.25) is 0 Å². The lowest BCUT2D eigenvalue weighted by Gasteiger charge is -2.33. The third-order valence-corrected chi connectivity index (χ3v) is 8.39. The second kappa shape index (κ2) is 9.17. The molecule has 1 saturated heterocycles. The van der Waals surface area contributed by atoms with E-state index in [1.54, 1.807) is 22.4 Å². The molecule has 0 unspecified atom stereocenters. The summed E-state index contributed by atoms with van der Waals surface area (Å²) in [5, 5.41) is 1.76. The van der Waals surface area contributed by atoms with Crippen molar-refractivity contribution in [3.63, 3.8) is 0 Å². The van der Waals surface area contributed by atoms with Crippen molar-refractivity contribution in [2.45, 2.75) is 24.6 Å². The molecule has 1 aromatic heterocycles. The number of carbonyl (C=O) groups is 1. The topological polar surface area (TPSA) is 60.9 Å². The van der Waals surface area contributed by atoms with Crippen molar-refractivity contribution in [3.05, 3.63) is 52.9 Å². The van der Waals surface area contributed by atoms with Gasteiger partial charge in [-0.25, -0.2) is 8.42 Å². The Labute approximate surface area is 171 Å². The Bertz CT molecular complexity index is 868. The fourth-order valence-electron chi connectivity index (χ4n) is 3.31. The van der Waals surface area contributed by atoms with Crippen LogP contribution in [0.4, 0.5) is 0 Å². The number of benzene rings is 1. The van der Waals surface area contributed by atoms with E-state index in [-0.39, 0.29) is 5.91 Å². The third-order valence-electron chi connectivity index (χ3n) is 5.12. The number of hydrogen-bond donors (Lipinski definition) is 0. The number of piperazine rings is 1. The first-order valence-electron chi connectivity index (χ1n) is 9.60. The van der Waals surface area contributed by atoms with E-state index in [1.165, 1.54) is 21.2 Å². The van der Waals surface area contributed by atoms with Crippen LogP contribution in [0.5, 0.6) is 0 Å². The first-order valence-corrected chi connectivity index (χ1v) is 11.9. The van der Waals surface area contributed by atoms with Gasteiger partial charge in [-0.05, 0) is 42.2 Å². The molecule has 0 spiro atoms. The Morgan fingerprint density at radius 1 is 1.04 bits per heavy atom. The van der Waals surface area contributed by atoms with Crippen LogP contribution >= 0.6 is 11.3 Å². The van der Waals surface area contributed by atoms with Crippen molar-refractivity contribution in [3.8, 4) is 0 Å². The van der Waals surface area contributed by atoms with Gasteiger partial charge in [-0.2, -0.15) is 4.31 Å². The van der Waals surface area contributed by atoms with Crippen LogP contribution in [0.25, 0.3) is 0 Å². The largest absolute Gasteiger partial charge is 0.336 e. The highest BCUT2D eigenvalue weighted by molar-refractivity contribution is 7.91. The van der Waals surface area contributed by atoms with E-state index in [0.29, 0.717) is 36.0 Å². The summed E-state index contributed by atoms with van der Waals surface area (Å²) in [5.74, 6) is -0.0393. The molecule has 1 aliphatic heterocycles. The van der Waals surface area contributed by atoms with Gasteiger partial charge in [0.15, 0.2) is 0 Å². The molecule has 2 heterocycles. The summed E-state index contributed by atoms with van der Waals surface area (Å²) in [4.78, 5) is 16.8. The summed E-state index contributed by atoms with van der Waals surface area (Å²) in [7, 11) is -3.45. The van der Waals surface area contributed by atoms with Crippen molar-refractivity contribution in [2.24, 2.45) is 0 Å². The van der Waals surface area contributed by atoms with Gasteiger partial charge >= 0.3 is 0 Å². The van der Waals surface area contributed by atoms with Crippen LogP contribution in [0.1, 0.15) is 29.8 Å². The summed E-state index contributed by atoms with van der Waals surface area (Å²) in [6.45, 7) is 8.61. The van der Waals surface area contributed by atoms with Crippen LogP contribution in [0.15, 0.2) is 46.0 Å². The molecule has 28 heavy (non-hydrogen) atoms.